The molecule has 0 N–H and O–H groups in total. The zero-order valence-electron chi connectivity index (χ0n) is 10.3. The van der Waals surface area contributed by atoms with Crippen molar-refractivity contribution in [2.24, 2.45) is 11.8 Å². The summed E-state index contributed by atoms with van der Waals surface area (Å²) in [5.74, 6) is 2.88. The van der Waals surface area contributed by atoms with E-state index in [1.54, 1.807) is 0 Å². The topological polar surface area (TPSA) is 16.1 Å². The predicted octanol–water partition coefficient (Wildman–Crippen LogP) is 3.96. The van der Waals surface area contributed by atoms with Crippen molar-refractivity contribution in [2.75, 3.05) is 18.0 Å². The molecule has 2 atom stereocenters. The number of halogens is 2. The van der Waals surface area contributed by atoms with Gasteiger partial charge in [0.1, 0.15) is 5.82 Å². The second-order valence-corrected chi connectivity index (χ2v) is 5.60. The molecule has 1 fully saturated rings. The quantitative estimate of drug-likeness (QED) is 0.758. The molecule has 4 heteroatoms. The number of nitrogens with zero attached hydrogens (tertiary/aromatic N) is 2. The largest absolute Gasteiger partial charge is 0.356 e. The summed E-state index contributed by atoms with van der Waals surface area (Å²) in [5.41, 5.74) is 0.775. The highest BCUT2D eigenvalue weighted by atomic mass is 35.5. The van der Waals surface area contributed by atoms with Gasteiger partial charge in [-0.3, -0.25) is 0 Å². The Bertz CT molecular complexity index is 395. The van der Waals surface area contributed by atoms with E-state index in [-0.39, 0.29) is 0 Å². The van der Waals surface area contributed by atoms with Gasteiger partial charge in [0.05, 0.1) is 16.6 Å². The summed E-state index contributed by atoms with van der Waals surface area (Å²) in [6, 6.07) is 3.88. The number of alkyl halides is 1. The summed E-state index contributed by atoms with van der Waals surface area (Å²) in [6.45, 7) is 6.76. The summed E-state index contributed by atoms with van der Waals surface area (Å²) in [7, 11) is 0. The molecule has 0 saturated carbocycles. The molecular weight excluding hydrogens is 255 g/mol. The molecule has 2 rings (SSSR count). The maximum absolute atomic E-state index is 6.02. The minimum atomic E-state index is 0.368. The Hall–Kier alpha value is -0.470. The van der Waals surface area contributed by atoms with Crippen LogP contribution in [0.15, 0.2) is 12.1 Å². The Morgan fingerprint density at radius 2 is 2.12 bits per heavy atom. The van der Waals surface area contributed by atoms with Crippen LogP contribution in [0.2, 0.25) is 5.02 Å². The number of hydrogen-bond acceptors (Lipinski definition) is 2. The summed E-state index contributed by atoms with van der Waals surface area (Å²) in [6.07, 6.45) is 1.22. The van der Waals surface area contributed by atoms with Gasteiger partial charge in [-0.25, -0.2) is 4.98 Å². The number of piperidine rings is 1. The van der Waals surface area contributed by atoms with E-state index in [0.717, 1.165) is 30.5 Å². The molecule has 1 aliphatic rings. The fourth-order valence-corrected chi connectivity index (χ4v) is 2.66. The number of anilines is 1. The second kappa shape index (κ2) is 5.45. The smallest absolute Gasteiger partial charge is 0.128 e. The Morgan fingerprint density at radius 3 is 2.76 bits per heavy atom. The lowest BCUT2D eigenvalue weighted by atomic mass is 9.89. The lowest BCUT2D eigenvalue weighted by Crippen LogP contribution is -2.38. The van der Waals surface area contributed by atoms with Gasteiger partial charge in [0.2, 0.25) is 0 Å². The molecule has 0 amide bonds. The van der Waals surface area contributed by atoms with Crippen molar-refractivity contribution in [3.63, 3.8) is 0 Å². The van der Waals surface area contributed by atoms with Gasteiger partial charge in [-0.2, -0.15) is 0 Å². The van der Waals surface area contributed by atoms with Gasteiger partial charge in [-0.1, -0.05) is 25.4 Å². The third kappa shape index (κ3) is 2.86. The Morgan fingerprint density at radius 1 is 1.35 bits per heavy atom. The van der Waals surface area contributed by atoms with E-state index in [1.807, 2.05) is 12.1 Å². The van der Waals surface area contributed by atoms with Crippen LogP contribution in [0, 0.1) is 11.8 Å². The number of aromatic nitrogens is 1. The monoisotopic (exact) mass is 272 g/mol. The predicted molar refractivity (Wildman–Crippen MR) is 74.0 cm³/mol. The van der Waals surface area contributed by atoms with Gasteiger partial charge in [0.15, 0.2) is 0 Å². The molecule has 0 radical (unpaired) electrons. The molecule has 94 valence electrons. The van der Waals surface area contributed by atoms with Crippen molar-refractivity contribution in [3.05, 3.63) is 22.8 Å². The van der Waals surface area contributed by atoms with Crippen molar-refractivity contribution < 1.29 is 0 Å². The first-order valence-electron chi connectivity index (χ1n) is 6.08. The molecule has 2 unspecified atom stereocenters. The zero-order chi connectivity index (χ0) is 12.4. The van der Waals surface area contributed by atoms with E-state index < -0.39 is 0 Å². The summed E-state index contributed by atoms with van der Waals surface area (Å²) in [5, 5.41) is 0.655. The van der Waals surface area contributed by atoms with Crippen LogP contribution in [0.4, 0.5) is 5.82 Å². The SMILES string of the molecule is CC1CCN(c2ccc(Cl)c(CCl)n2)CC1C. The highest BCUT2D eigenvalue weighted by Crippen LogP contribution is 2.27. The van der Waals surface area contributed by atoms with Crippen LogP contribution < -0.4 is 4.90 Å². The lowest BCUT2D eigenvalue weighted by Gasteiger charge is -2.36. The normalized spacial score (nSPS) is 25.1. The minimum Gasteiger partial charge on any atom is -0.356 e. The first-order chi connectivity index (χ1) is 8.11. The van der Waals surface area contributed by atoms with Gasteiger partial charge in [-0.15, -0.1) is 11.6 Å². The van der Waals surface area contributed by atoms with E-state index in [2.05, 4.69) is 23.7 Å². The molecule has 1 aliphatic heterocycles. The molecule has 17 heavy (non-hydrogen) atoms. The van der Waals surface area contributed by atoms with Crippen LogP contribution in [-0.2, 0) is 5.88 Å². The number of rotatable bonds is 2. The fourth-order valence-electron chi connectivity index (χ4n) is 2.21. The van der Waals surface area contributed by atoms with Crippen LogP contribution in [0.3, 0.4) is 0 Å². The average Bonchev–Trinajstić information content (AvgIpc) is 2.33. The van der Waals surface area contributed by atoms with Crippen LogP contribution in [-0.4, -0.2) is 18.1 Å². The van der Waals surface area contributed by atoms with Crippen molar-refractivity contribution in [1.29, 1.82) is 0 Å². The highest BCUT2D eigenvalue weighted by Gasteiger charge is 2.23. The van der Waals surface area contributed by atoms with Crippen LogP contribution in [0.25, 0.3) is 0 Å². The van der Waals surface area contributed by atoms with Crippen molar-refractivity contribution >= 4 is 29.0 Å². The minimum absolute atomic E-state index is 0.368. The third-order valence-electron chi connectivity index (χ3n) is 3.69. The van der Waals surface area contributed by atoms with Crippen molar-refractivity contribution in [2.45, 2.75) is 26.1 Å². The van der Waals surface area contributed by atoms with Gasteiger partial charge in [0.25, 0.3) is 0 Å². The standard InChI is InChI=1S/C13H18Cl2N2/c1-9-5-6-17(8-10(9)2)13-4-3-11(15)12(7-14)16-13/h3-4,9-10H,5-8H2,1-2H3. The van der Waals surface area contributed by atoms with E-state index in [0.29, 0.717) is 16.8 Å². The molecule has 1 aromatic rings. The first-order valence-corrected chi connectivity index (χ1v) is 6.99. The van der Waals surface area contributed by atoms with Gasteiger partial charge < -0.3 is 4.90 Å². The highest BCUT2D eigenvalue weighted by molar-refractivity contribution is 6.32. The van der Waals surface area contributed by atoms with Crippen molar-refractivity contribution in [1.82, 2.24) is 4.98 Å². The number of pyridine rings is 1. The molecule has 0 bridgehead atoms. The molecule has 0 aliphatic carbocycles. The summed E-state index contributed by atoms with van der Waals surface area (Å²) >= 11 is 11.9. The molecule has 2 nitrogen and oxygen atoms in total. The second-order valence-electron chi connectivity index (χ2n) is 4.92. The fraction of sp³-hybridized carbons (Fsp3) is 0.615. The average molecular weight is 273 g/mol. The van der Waals surface area contributed by atoms with E-state index in [9.17, 15) is 0 Å². The summed E-state index contributed by atoms with van der Waals surface area (Å²) < 4.78 is 0. The Kier molecular flexibility index (Phi) is 4.16. The molecule has 2 heterocycles. The molecule has 1 saturated heterocycles. The number of hydrogen-bond donors (Lipinski definition) is 0. The maximum atomic E-state index is 6.02. The van der Waals surface area contributed by atoms with E-state index in [4.69, 9.17) is 23.2 Å². The Labute approximate surface area is 113 Å². The van der Waals surface area contributed by atoms with Crippen molar-refractivity contribution in [3.8, 4) is 0 Å². The molecular formula is C13H18Cl2N2. The summed E-state index contributed by atoms with van der Waals surface area (Å²) in [4.78, 5) is 6.87. The molecule has 1 aromatic heterocycles. The van der Waals surface area contributed by atoms with E-state index in [1.165, 1.54) is 6.42 Å². The van der Waals surface area contributed by atoms with Gasteiger partial charge in [-0.05, 0) is 30.4 Å². The van der Waals surface area contributed by atoms with Crippen LogP contribution >= 0.6 is 23.2 Å². The van der Waals surface area contributed by atoms with Gasteiger partial charge in [0, 0.05) is 13.1 Å². The maximum Gasteiger partial charge on any atom is 0.128 e. The first kappa shape index (κ1) is 13.0. The third-order valence-corrected chi connectivity index (χ3v) is 4.29. The van der Waals surface area contributed by atoms with Crippen LogP contribution in [0.5, 0.6) is 0 Å². The molecule has 0 spiro atoms. The molecule has 0 aromatic carbocycles. The van der Waals surface area contributed by atoms with E-state index >= 15 is 0 Å². The van der Waals surface area contributed by atoms with Crippen LogP contribution in [0.1, 0.15) is 26.0 Å². The Balaban J connectivity index is 2.17. The zero-order valence-corrected chi connectivity index (χ0v) is 11.8. The lowest BCUT2D eigenvalue weighted by molar-refractivity contribution is 0.323. The van der Waals surface area contributed by atoms with Gasteiger partial charge >= 0.3 is 0 Å².